The second-order valence-corrected chi connectivity index (χ2v) is 6.22. The average Bonchev–Trinajstić information content (AvgIpc) is 3.01. The number of methoxy groups -OCH3 is 1. The molecule has 0 aliphatic carbocycles. The Hall–Kier alpha value is -2.87. The summed E-state index contributed by atoms with van der Waals surface area (Å²) in [6.45, 7) is 0. The number of aromatic nitrogens is 3. The smallest absolute Gasteiger partial charge is 0.270 e. The van der Waals surface area contributed by atoms with E-state index >= 15 is 0 Å². The lowest BCUT2D eigenvalue weighted by Gasteiger charge is -2.08. The molecule has 0 radical (unpaired) electrons. The monoisotopic (exact) mass is 356 g/mol. The van der Waals surface area contributed by atoms with Gasteiger partial charge in [0.15, 0.2) is 11.0 Å². The van der Waals surface area contributed by atoms with Crippen molar-refractivity contribution in [1.29, 1.82) is 0 Å². The van der Waals surface area contributed by atoms with Gasteiger partial charge in [-0.25, -0.2) is 0 Å². The van der Waals surface area contributed by atoms with Gasteiger partial charge in [-0.15, -0.1) is 10.2 Å². The highest BCUT2D eigenvalue weighted by Crippen LogP contribution is 2.31. The van der Waals surface area contributed by atoms with Crippen molar-refractivity contribution < 1.29 is 9.66 Å². The summed E-state index contributed by atoms with van der Waals surface area (Å²) in [5.74, 6) is 1.88. The zero-order valence-corrected chi connectivity index (χ0v) is 14.6. The number of ether oxygens (including phenoxy) is 1. The van der Waals surface area contributed by atoms with Crippen LogP contribution in [0.1, 0.15) is 5.56 Å². The Bertz CT molecular complexity index is 896. The predicted octanol–water partition coefficient (Wildman–Crippen LogP) is 3.69. The largest absolute Gasteiger partial charge is 0.496 e. The van der Waals surface area contributed by atoms with Crippen molar-refractivity contribution in [3.8, 4) is 17.1 Å². The van der Waals surface area contributed by atoms with Gasteiger partial charge in [0.2, 0.25) is 0 Å². The van der Waals surface area contributed by atoms with E-state index in [-0.39, 0.29) is 5.69 Å². The fourth-order valence-electron chi connectivity index (χ4n) is 2.41. The lowest BCUT2D eigenvalue weighted by Crippen LogP contribution is -1.97. The van der Waals surface area contributed by atoms with Crippen molar-refractivity contribution >= 4 is 17.4 Å². The molecule has 8 heteroatoms. The van der Waals surface area contributed by atoms with Crippen molar-refractivity contribution in [2.24, 2.45) is 7.05 Å². The molecule has 1 aromatic heterocycles. The van der Waals surface area contributed by atoms with Gasteiger partial charge in [-0.05, 0) is 6.07 Å². The Labute approximate surface area is 148 Å². The minimum atomic E-state index is -0.413. The molecular weight excluding hydrogens is 340 g/mol. The van der Waals surface area contributed by atoms with Crippen LogP contribution in [-0.2, 0) is 12.8 Å². The van der Waals surface area contributed by atoms with Gasteiger partial charge in [-0.2, -0.15) is 0 Å². The molecule has 0 atom stereocenters. The molecule has 2 aromatic carbocycles. The SMILES string of the molecule is COc1ccc([N+](=O)[O-])cc1CSc1nnc(-c2ccccc2)n1C. The Morgan fingerprint density at radius 2 is 1.96 bits per heavy atom. The van der Waals surface area contributed by atoms with Gasteiger partial charge in [0.05, 0.1) is 12.0 Å². The van der Waals surface area contributed by atoms with Gasteiger partial charge in [-0.1, -0.05) is 42.1 Å². The van der Waals surface area contributed by atoms with E-state index in [1.807, 2.05) is 41.9 Å². The molecule has 1 heterocycles. The molecular formula is C17H16N4O3S. The van der Waals surface area contributed by atoms with E-state index in [2.05, 4.69) is 10.2 Å². The molecule has 0 saturated heterocycles. The van der Waals surface area contributed by atoms with Crippen molar-refractivity contribution in [2.45, 2.75) is 10.9 Å². The zero-order chi connectivity index (χ0) is 17.8. The number of nitrogens with zero attached hydrogens (tertiary/aromatic N) is 4. The normalized spacial score (nSPS) is 10.6. The highest BCUT2D eigenvalue weighted by atomic mass is 32.2. The molecule has 0 saturated carbocycles. The summed E-state index contributed by atoms with van der Waals surface area (Å²) in [6.07, 6.45) is 0. The minimum absolute atomic E-state index is 0.0411. The molecule has 0 aliphatic rings. The maximum Gasteiger partial charge on any atom is 0.270 e. The predicted molar refractivity (Wildman–Crippen MR) is 95.6 cm³/mol. The van der Waals surface area contributed by atoms with Crippen LogP contribution >= 0.6 is 11.8 Å². The van der Waals surface area contributed by atoms with Gasteiger partial charge < -0.3 is 9.30 Å². The molecule has 0 bridgehead atoms. The van der Waals surface area contributed by atoms with E-state index in [0.717, 1.165) is 22.1 Å². The Balaban J connectivity index is 1.82. The molecule has 0 N–H and O–H groups in total. The van der Waals surface area contributed by atoms with E-state index in [0.29, 0.717) is 11.5 Å². The molecule has 128 valence electrons. The van der Waals surface area contributed by atoms with E-state index in [4.69, 9.17) is 4.74 Å². The van der Waals surface area contributed by atoms with E-state index in [1.165, 1.54) is 23.9 Å². The molecule has 3 aromatic rings. The third kappa shape index (κ3) is 3.63. The Kier molecular flexibility index (Phi) is 4.99. The zero-order valence-electron chi connectivity index (χ0n) is 13.7. The highest BCUT2D eigenvalue weighted by Gasteiger charge is 2.15. The molecule has 3 rings (SSSR count). The fraction of sp³-hybridized carbons (Fsp3) is 0.176. The first-order chi connectivity index (χ1) is 12.1. The summed E-state index contributed by atoms with van der Waals surface area (Å²) >= 11 is 1.45. The molecule has 0 spiro atoms. The van der Waals surface area contributed by atoms with Crippen LogP contribution in [0, 0.1) is 10.1 Å². The first kappa shape index (κ1) is 17.0. The number of rotatable bonds is 6. The molecule has 25 heavy (non-hydrogen) atoms. The van der Waals surface area contributed by atoms with E-state index < -0.39 is 4.92 Å². The number of non-ortho nitro benzene ring substituents is 1. The summed E-state index contributed by atoms with van der Waals surface area (Å²) in [7, 11) is 3.44. The van der Waals surface area contributed by atoms with Crippen molar-refractivity contribution in [3.05, 3.63) is 64.2 Å². The molecule has 0 unspecified atom stereocenters. The topological polar surface area (TPSA) is 83.1 Å². The van der Waals surface area contributed by atoms with Gasteiger partial charge in [0, 0.05) is 36.1 Å². The van der Waals surface area contributed by atoms with Crippen LogP contribution in [0.15, 0.2) is 53.7 Å². The second kappa shape index (κ2) is 7.35. The average molecular weight is 356 g/mol. The minimum Gasteiger partial charge on any atom is -0.496 e. The first-order valence-corrected chi connectivity index (χ1v) is 8.47. The van der Waals surface area contributed by atoms with Gasteiger partial charge in [0.25, 0.3) is 5.69 Å². The molecule has 0 fully saturated rings. The summed E-state index contributed by atoms with van der Waals surface area (Å²) in [4.78, 5) is 10.6. The second-order valence-electron chi connectivity index (χ2n) is 5.27. The third-order valence-electron chi connectivity index (χ3n) is 3.70. The molecule has 0 amide bonds. The standard InChI is InChI=1S/C17H16N4O3S/c1-20-16(12-6-4-3-5-7-12)18-19-17(20)25-11-13-10-14(21(22)23)8-9-15(13)24-2/h3-10H,11H2,1-2H3. The van der Waals surface area contributed by atoms with Crippen molar-refractivity contribution in [2.75, 3.05) is 7.11 Å². The van der Waals surface area contributed by atoms with Gasteiger partial charge in [0.1, 0.15) is 5.75 Å². The van der Waals surface area contributed by atoms with Crippen LogP contribution in [0.3, 0.4) is 0 Å². The van der Waals surface area contributed by atoms with E-state index in [9.17, 15) is 10.1 Å². The summed E-state index contributed by atoms with van der Waals surface area (Å²) in [6, 6.07) is 14.4. The number of benzene rings is 2. The molecule has 0 aliphatic heterocycles. The van der Waals surface area contributed by atoms with E-state index in [1.54, 1.807) is 13.2 Å². The van der Waals surface area contributed by atoms with Crippen LogP contribution in [0.5, 0.6) is 5.75 Å². The number of hydrogen-bond donors (Lipinski definition) is 0. The maximum atomic E-state index is 11.0. The van der Waals surface area contributed by atoms with Crippen LogP contribution in [0.25, 0.3) is 11.4 Å². The third-order valence-corrected chi connectivity index (χ3v) is 4.77. The summed E-state index contributed by atoms with van der Waals surface area (Å²) in [5.41, 5.74) is 1.77. The fourth-order valence-corrected chi connectivity index (χ4v) is 3.30. The van der Waals surface area contributed by atoms with Gasteiger partial charge in [-0.3, -0.25) is 10.1 Å². The highest BCUT2D eigenvalue weighted by molar-refractivity contribution is 7.98. The van der Waals surface area contributed by atoms with Gasteiger partial charge >= 0.3 is 0 Å². The summed E-state index contributed by atoms with van der Waals surface area (Å²) < 4.78 is 7.20. The van der Waals surface area contributed by atoms with Crippen LogP contribution in [-0.4, -0.2) is 26.8 Å². The lowest BCUT2D eigenvalue weighted by atomic mass is 10.2. The number of thioether (sulfide) groups is 1. The van der Waals surface area contributed by atoms with Crippen molar-refractivity contribution in [3.63, 3.8) is 0 Å². The maximum absolute atomic E-state index is 11.0. The molecule has 7 nitrogen and oxygen atoms in total. The Morgan fingerprint density at radius 1 is 1.20 bits per heavy atom. The number of hydrogen-bond acceptors (Lipinski definition) is 6. The van der Waals surface area contributed by atoms with Crippen molar-refractivity contribution in [1.82, 2.24) is 14.8 Å². The van der Waals surface area contributed by atoms with Crippen LogP contribution in [0.4, 0.5) is 5.69 Å². The Morgan fingerprint density at radius 3 is 2.64 bits per heavy atom. The number of nitro groups is 1. The van der Waals surface area contributed by atoms with Crippen LogP contribution < -0.4 is 4.74 Å². The number of nitro benzene ring substituents is 1. The first-order valence-electron chi connectivity index (χ1n) is 7.49. The summed E-state index contributed by atoms with van der Waals surface area (Å²) in [5, 5.41) is 20.2. The quantitative estimate of drug-likeness (QED) is 0.380. The van der Waals surface area contributed by atoms with Crippen LogP contribution in [0.2, 0.25) is 0 Å². The lowest BCUT2D eigenvalue weighted by molar-refractivity contribution is -0.384.